The van der Waals surface area contributed by atoms with Gasteiger partial charge in [-0.1, -0.05) is 89.5 Å². The van der Waals surface area contributed by atoms with E-state index in [-0.39, 0.29) is 60.9 Å². The van der Waals surface area contributed by atoms with Gasteiger partial charge >= 0.3 is 5.97 Å². The third kappa shape index (κ3) is 14.6. The quantitative estimate of drug-likeness (QED) is 0.156. The van der Waals surface area contributed by atoms with E-state index in [4.69, 9.17) is 23.7 Å². The molecule has 0 radical (unpaired) electrons. The predicted octanol–water partition coefficient (Wildman–Crippen LogP) is 8.24. The Labute approximate surface area is 377 Å². The number of Topliss-reactive ketones (excluding diaryl/α,β-unsaturated/α-hetero) is 3. The summed E-state index contributed by atoms with van der Waals surface area (Å²) in [6.07, 6.45) is 17.9. The van der Waals surface area contributed by atoms with Crippen LogP contribution in [0.4, 0.5) is 0 Å². The van der Waals surface area contributed by atoms with Crippen molar-refractivity contribution in [1.82, 2.24) is 4.90 Å². The van der Waals surface area contributed by atoms with Gasteiger partial charge in [0.15, 0.2) is 5.78 Å². The molecular formula is C51H79NO11. The molecule has 0 aromatic heterocycles. The van der Waals surface area contributed by atoms with Crippen LogP contribution in [-0.4, -0.2) is 109 Å². The van der Waals surface area contributed by atoms with E-state index >= 15 is 0 Å². The summed E-state index contributed by atoms with van der Waals surface area (Å²) in [5.41, 5.74) is 1.77. The number of aliphatic hydroxyl groups is 1. The maximum atomic E-state index is 14.3. The zero-order valence-corrected chi connectivity index (χ0v) is 40.0. The number of cyclic esters (lactones) is 1. The van der Waals surface area contributed by atoms with Crippen LogP contribution in [0.5, 0.6) is 0 Å². The van der Waals surface area contributed by atoms with Gasteiger partial charge in [0.25, 0.3) is 11.7 Å². The summed E-state index contributed by atoms with van der Waals surface area (Å²) < 4.78 is 29.7. The van der Waals surface area contributed by atoms with Crippen LogP contribution in [0.15, 0.2) is 47.6 Å². The van der Waals surface area contributed by atoms with Gasteiger partial charge in [-0.05, 0) is 95.0 Å². The van der Waals surface area contributed by atoms with Crippen molar-refractivity contribution < 1.29 is 52.8 Å². The summed E-state index contributed by atoms with van der Waals surface area (Å²) >= 11 is 0. The SMILES string of the molecule is CO[C@H]1CCCC(C[C@@H](C)[C@@H]2CC(=O)[C@H](C)/C=C(\C)C[C@@H](OC)C(=O)[C@H](C)C[C@H](C)/C=C/C=C/C=C(\C)[C@@H](OC)C[C@@H]3CC[C@@H](C)[C@@](O)(O3)C(=O)C(=O)N3CCCCC3C(=O)O2)C1. The van der Waals surface area contributed by atoms with Crippen molar-refractivity contribution in [2.24, 2.45) is 35.5 Å². The van der Waals surface area contributed by atoms with Gasteiger partial charge in [-0.25, -0.2) is 4.79 Å². The minimum Gasteiger partial charge on any atom is -0.460 e. The number of hydrogen-bond donors (Lipinski definition) is 1. The van der Waals surface area contributed by atoms with Crippen LogP contribution >= 0.6 is 0 Å². The molecule has 2 unspecified atom stereocenters. The van der Waals surface area contributed by atoms with Gasteiger partial charge in [0, 0.05) is 64.9 Å². The first-order valence-electron chi connectivity index (χ1n) is 23.7. The van der Waals surface area contributed by atoms with E-state index in [0.29, 0.717) is 50.9 Å². The van der Waals surface area contributed by atoms with Crippen LogP contribution in [-0.2, 0) is 47.7 Å². The highest BCUT2D eigenvalue weighted by atomic mass is 16.6. The van der Waals surface area contributed by atoms with Crippen LogP contribution in [0.1, 0.15) is 138 Å². The second-order valence-electron chi connectivity index (χ2n) is 19.4. The fourth-order valence-corrected chi connectivity index (χ4v) is 10.1. The summed E-state index contributed by atoms with van der Waals surface area (Å²) in [4.78, 5) is 71.7. The molecule has 12 heteroatoms. The molecule has 3 heterocycles. The number of nitrogens with zero attached hydrogens (tertiary/aromatic N) is 1. The topological polar surface area (TPSA) is 155 Å². The molecule has 4 aliphatic rings. The van der Waals surface area contributed by atoms with Gasteiger partial charge in [-0.2, -0.15) is 0 Å². The van der Waals surface area contributed by atoms with Crippen LogP contribution in [0.2, 0.25) is 0 Å². The normalized spacial score (nSPS) is 38.9. The predicted molar refractivity (Wildman–Crippen MR) is 242 cm³/mol. The Bertz CT molecular complexity index is 1680. The van der Waals surface area contributed by atoms with E-state index in [1.165, 1.54) is 4.90 Å². The summed E-state index contributed by atoms with van der Waals surface area (Å²) in [6, 6.07) is -1.07. The standard InChI is InChI=1S/C51H79NO11/c1-32-17-12-11-13-18-34(3)44(60-9)30-41-23-22-38(7)51(58,63-41)48(55)49(56)52-24-15-14-21-42(52)50(57)62-45(36(5)28-39-19-16-20-40(29-39)59-8)31-43(53)35(4)26-33(2)27-46(61-10)47(54)37(6)25-32/h11-13,17-18,26,32,35-42,44-46,58H,14-16,19-25,27-31H2,1-10H3/b13-11+,17-12+,33-26+,34-18+/t32-,35-,36-,37-,38-,39?,40+,41+,42?,44+,45+,46-,51-/m1/s1. The number of allylic oxidation sites excluding steroid dienone is 6. The number of esters is 1. The third-order valence-electron chi connectivity index (χ3n) is 14.2. The number of methoxy groups -OCH3 is 3. The van der Waals surface area contributed by atoms with Gasteiger partial charge in [0.1, 0.15) is 24.0 Å². The van der Waals surface area contributed by atoms with E-state index < -0.39 is 59.6 Å². The van der Waals surface area contributed by atoms with Crippen molar-refractivity contribution in [2.75, 3.05) is 27.9 Å². The summed E-state index contributed by atoms with van der Waals surface area (Å²) in [7, 11) is 4.87. The van der Waals surface area contributed by atoms with Gasteiger partial charge in [-0.3, -0.25) is 19.2 Å². The van der Waals surface area contributed by atoms with Crippen molar-refractivity contribution in [3.63, 3.8) is 0 Å². The summed E-state index contributed by atoms with van der Waals surface area (Å²) in [6.45, 7) is 13.5. The Balaban J connectivity index is 1.68. The molecule has 3 fully saturated rings. The lowest BCUT2D eigenvalue weighted by Gasteiger charge is -2.42. The zero-order valence-electron chi connectivity index (χ0n) is 40.0. The van der Waals surface area contributed by atoms with Gasteiger partial charge in [-0.15, -0.1) is 0 Å². The highest BCUT2D eigenvalue weighted by Gasteiger charge is 2.53. The maximum Gasteiger partial charge on any atom is 0.329 e. The number of amides is 1. The first-order chi connectivity index (χ1) is 29.9. The maximum absolute atomic E-state index is 14.3. The number of carbonyl (C=O) groups excluding carboxylic acids is 5. The van der Waals surface area contributed by atoms with Crippen LogP contribution < -0.4 is 0 Å². The first-order valence-corrected chi connectivity index (χ1v) is 23.7. The molecule has 3 aliphatic heterocycles. The molecule has 12 nitrogen and oxygen atoms in total. The lowest BCUT2D eigenvalue weighted by Crippen LogP contribution is -2.61. The minimum absolute atomic E-state index is 0.0131. The molecular weight excluding hydrogens is 803 g/mol. The van der Waals surface area contributed by atoms with Crippen molar-refractivity contribution >= 4 is 29.2 Å². The van der Waals surface area contributed by atoms with Gasteiger partial charge < -0.3 is 33.7 Å². The third-order valence-corrected chi connectivity index (χ3v) is 14.2. The van der Waals surface area contributed by atoms with E-state index in [9.17, 15) is 29.1 Å². The molecule has 1 N–H and O–H groups in total. The highest BCUT2D eigenvalue weighted by Crippen LogP contribution is 2.37. The summed E-state index contributed by atoms with van der Waals surface area (Å²) in [5.74, 6) is -6.42. The Morgan fingerprint density at radius 3 is 2.25 bits per heavy atom. The van der Waals surface area contributed by atoms with Gasteiger partial charge in [0.2, 0.25) is 5.79 Å². The number of fused-ring (bicyclic) bond motifs is 3. The second kappa shape index (κ2) is 24.8. The fraction of sp³-hybridized carbons (Fsp3) is 0.745. The zero-order chi connectivity index (χ0) is 46.4. The van der Waals surface area contributed by atoms with Crippen molar-refractivity contribution in [2.45, 2.75) is 181 Å². The Kier molecular flexibility index (Phi) is 20.6. The van der Waals surface area contributed by atoms with Crippen LogP contribution in [0.3, 0.4) is 0 Å². The number of hydrogen-bond acceptors (Lipinski definition) is 11. The minimum atomic E-state index is -2.39. The van der Waals surface area contributed by atoms with E-state index in [1.54, 1.807) is 28.3 Å². The largest absolute Gasteiger partial charge is 0.460 e. The second-order valence-corrected chi connectivity index (χ2v) is 19.4. The molecule has 1 amide bonds. The van der Waals surface area contributed by atoms with Crippen molar-refractivity contribution in [3.05, 3.63) is 47.6 Å². The van der Waals surface area contributed by atoms with Crippen molar-refractivity contribution in [1.29, 1.82) is 0 Å². The van der Waals surface area contributed by atoms with Crippen LogP contribution in [0, 0.1) is 35.5 Å². The molecule has 1 saturated carbocycles. The first kappa shape index (κ1) is 52.3. The highest BCUT2D eigenvalue weighted by molar-refractivity contribution is 6.39. The lowest BCUT2D eigenvalue weighted by atomic mass is 9.79. The molecule has 2 bridgehead atoms. The van der Waals surface area contributed by atoms with Crippen molar-refractivity contribution in [3.8, 4) is 0 Å². The Morgan fingerprint density at radius 2 is 1.56 bits per heavy atom. The molecule has 354 valence electrons. The molecule has 2 saturated heterocycles. The number of ketones is 3. The van der Waals surface area contributed by atoms with E-state index in [0.717, 1.165) is 43.3 Å². The van der Waals surface area contributed by atoms with E-state index in [1.807, 2.05) is 65.0 Å². The Hall–Kier alpha value is -3.29. The fourth-order valence-electron chi connectivity index (χ4n) is 10.1. The van der Waals surface area contributed by atoms with E-state index in [2.05, 4.69) is 13.0 Å². The average molecular weight is 882 g/mol. The average Bonchev–Trinajstić information content (AvgIpc) is 3.26. The number of piperidine rings is 1. The Morgan fingerprint density at radius 1 is 0.825 bits per heavy atom. The molecule has 13 atom stereocenters. The number of carbonyl (C=O) groups is 5. The molecule has 0 aromatic carbocycles. The smallest absolute Gasteiger partial charge is 0.329 e. The molecule has 63 heavy (non-hydrogen) atoms. The molecule has 1 aliphatic carbocycles. The number of ether oxygens (including phenoxy) is 5. The molecule has 0 aromatic rings. The lowest BCUT2D eigenvalue weighted by molar-refractivity contribution is -0.265. The summed E-state index contributed by atoms with van der Waals surface area (Å²) in [5, 5.41) is 11.9. The number of rotatable bonds is 6. The molecule has 0 spiro atoms. The van der Waals surface area contributed by atoms with Crippen LogP contribution in [0.25, 0.3) is 0 Å². The monoisotopic (exact) mass is 882 g/mol. The van der Waals surface area contributed by atoms with Gasteiger partial charge in [0.05, 0.1) is 18.3 Å². The molecule has 4 rings (SSSR count).